The number of hydrogen-bond acceptors (Lipinski definition) is 5. The van der Waals surface area contributed by atoms with E-state index in [1.54, 1.807) is 0 Å². The van der Waals surface area contributed by atoms with E-state index in [1.165, 1.54) is 24.4 Å². The lowest BCUT2D eigenvalue weighted by Gasteiger charge is -2.28. The topological polar surface area (TPSA) is 100 Å². The molecule has 3 aliphatic rings. The summed E-state index contributed by atoms with van der Waals surface area (Å²) in [5, 5.41) is 0. The summed E-state index contributed by atoms with van der Waals surface area (Å²) in [6.07, 6.45) is 6.68. The highest BCUT2D eigenvalue weighted by molar-refractivity contribution is 5.96. The molecule has 5 N–H and O–H groups in total. The van der Waals surface area contributed by atoms with Crippen LogP contribution in [0.4, 0.5) is 0 Å². The third kappa shape index (κ3) is 3.36. The van der Waals surface area contributed by atoms with Crippen LogP contribution in [0.15, 0.2) is 60.8 Å². The van der Waals surface area contributed by atoms with Crippen LogP contribution in [0.3, 0.4) is 0 Å². The molecule has 3 aromatic rings. The maximum absolute atomic E-state index is 6.06. The van der Waals surface area contributed by atoms with E-state index in [9.17, 15) is 0 Å². The summed E-state index contributed by atoms with van der Waals surface area (Å²) in [6, 6.07) is 18.5. The number of benzene rings is 2. The first-order chi connectivity index (χ1) is 15.3. The van der Waals surface area contributed by atoms with E-state index >= 15 is 0 Å². The van der Waals surface area contributed by atoms with Gasteiger partial charge in [-0.15, -0.1) is 0 Å². The lowest BCUT2D eigenvalue weighted by atomic mass is 9.81. The zero-order valence-electron chi connectivity index (χ0n) is 18.2. The summed E-state index contributed by atoms with van der Waals surface area (Å²) in [5.74, 6) is 3.22. The van der Waals surface area contributed by atoms with Gasteiger partial charge in [-0.05, 0) is 55.8 Å². The minimum absolute atomic E-state index is 0. The molecule has 1 aromatic heterocycles. The van der Waals surface area contributed by atoms with E-state index in [0.717, 1.165) is 53.2 Å². The van der Waals surface area contributed by atoms with Crippen LogP contribution in [0.1, 0.15) is 43.0 Å². The summed E-state index contributed by atoms with van der Waals surface area (Å²) in [5.41, 5.74) is 12.7. The van der Waals surface area contributed by atoms with Crippen molar-refractivity contribution in [2.24, 2.45) is 11.7 Å². The molecule has 1 fully saturated rings. The number of nitrogens with two attached hydrogens (primary N) is 1. The fourth-order valence-corrected chi connectivity index (χ4v) is 4.99. The van der Waals surface area contributed by atoms with Crippen molar-refractivity contribution in [1.29, 1.82) is 0 Å². The Kier molecular flexibility index (Phi) is 5.41. The third-order valence-corrected chi connectivity index (χ3v) is 6.83. The van der Waals surface area contributed by atoms with Crippen molar-refractivity contribution in [3.8, 4) is 28.4 Å². The molecule has 0 radical (unpaired) electrons. The molecular formula is C26H29N5O. The van der Waals surface area contributed by atoms with Crippen molar-refractivity contribution >= 4 is 5.52 Å². The van der Waals surface area contributed by atoms with Gasteiger partial charge in [0.15, 0.2) is 0 Å². The maximum atomic E-state index is 6.06. The van der Waals surface area contributed by atoms with Crippen LogP contribution in [-0.4, -0.2) is 20.9 Å². The molecule has 2 aromatic carbocycles. The Morgan fingerprint density at radius 3 is 2.50 bits per heavy atom. The minimum atomic E-state index is 0. The molecule has 6 rings (SSSR count). The van der Waals surface area contributed by atoms with Gasteiger partial charge in [0.25, 0.3) is 0 Å². The van der Waals surface area contributed by atoms with Gasteiger partial charge in [-0.2, -0.15) is 0 Å². The van der Waals surface area contributed by atoms with Crippen molar-refractivity contribution in [2.75, 3.05) is 6.54 Å². The zero-order valence-corrected chi connectivity index (χ0v) is 18.2. The van der Waals surface area contributed by atoms with Gasteiger partial charge >= 0.3 is 0 Å². The number of ether oxygens (including phenoxy) is 1. The van der Waals surface area contributed by atoms with E-state index in [1.807, 2.05) is 36.5 Å². The lowest BCUT2D eigenvalue weighted by Crippen LogP contribution is -2.22. The molecule has 1 saturated carbocycles. The molecule has 3 heterocycles. The van der Waals surface area contributed by atoms with Crippen molar-refractivity contribution in [3.05, 3.63) is 72.2 Å². The van der Waals surface area contributed by atoms with Crippen LogP contribution in [0, 0.1) is 5.92 Å². The van der Waals surface area contributed by atoms with Crippen LogP contribution >= 0.6 is 0 Å². The average Bonchev–Trinajstić information content (AvgIpc) is 3.14. The van der Waals surface area contributed by atoms with E-state index in [0.29, 0.717) is 18.4 Å². The van der Waals surface area contributed by atoms with Gasteiger partial charge in [0, 0.05) is 11.5 Å². The highest BCUT2D eigenvalue weighted by Gasteiger charge is 2.34. The van der Waals surface area contributed by atoms with Gasteiger partial charge < -0.3 is 16.6 Å². The molecule has 2 aliphatic heterocycles. The summed E-state index contributed by atoms with van der Waals surface area (Å²) in [7, 11) is 0. The highest BCUT2D eigenvalue weighted by Crippen LogP contribution is 2.45. The second-order valence-electron chi connectivity index (χ2n) is 8.75. The summed E-state index contributed by atoms with van der Waals surface area (Å²) in [6.45, 7) is 1.36. The number of fused-ring (bicyclic) bond motifs is 4. The summed E-state index contributed by atoms with van der Waals surface area (Å²) < 4.78 is 8.40. The largest absolute Gasteiger partial charge is 0.489 e. The molecule has 0 amide bonds. The van der Waals surface area contributed by atoms with Gasteiger partial charge in [-0.1, -0.05) is 42.5 Å². The van der Waals surface area contributed by atoms with Gasteiger partial charge in [-0.3, -0.25) is 9.38 Å². The normalized spacial score (nSPS) is 18.9. The number of rotatable bonds is 6. The Morgan fingerprint density at radius 1 is 0.969 bits per heavy atom. The Hall–Kier alpha value is -3.22. The van der Waals surface area contributed by atoms with Gasteiger partial charge in [0.2, 0.25) is 0 Å². The van der Waals surface area contributed by atoms with E-state index in [-0.39, 0.29) is 6.15 Å². The molecule has 6 heteroatoms. The second-order valence-corrected chi connectivity index (χ2v) is 8.75. The minimum Gasteiger partial charge on any atom is -0.489 e. The molecule has 32 heavy (non-hydrogen) atoms. The quantitative estimate of drug-likeness (QED) is 0.380. The van der Waals surface area contributed by atoms with Crippen molar-refractivity contribution in [1.82, 2.24) is 20.5 Å². The fourth-order valence-electron chi connectivity index (χ4n) is 4.99. The molecule has 164 valence electrons. The fraction of sp³-hybridized carbons (Fsp3) is 0.308. The molecule has 0 unspecified atom stereocenters. The molecule has 0 bridgehead atoms. The smallest absolute Gasteiger partial charge is 0.120 e. The Bertz CT molecular complexity index is 1240. The van der Waals surface area contributed by atoms with Gasteiger partial charge in [0.05, 0.1) is 17.6 Å². The van der Waals surface area contributed by atoms with Crippen LogP contribution in [0.5, 0.6) is 5.75 Å². The number of aromatic nitrogens is 3. The SMILES string of the molecule is N.NCC1CCC(c2nc(-c3cccc(OCc4ccccc4)c3)c3c4ncc-4n23)CC1. The number of hydrogen-bond donors (Lipinski definition) is 2. The lowest BCUT2D eigenvalue weighted by molar-refractivity contribution is 0.306. The van der Waals surface area contributed by atoms with Crippen molar-refractivity contribution in [2.45, 2.75) is 38.2 Å². The first kappa shape index (κ1) is 20.7. The average molecular weight is 428 g/mol. The molecule has 0 atom stereocenters. The predicted octanol–water partition coefficient (Wildman–Crippen LogP) is 5.35. The summed E-state index contributed by atoms with van der Waals surface area (Å²) in [4.78, 5) is 9.66. The molecule has 6 nitrogen and oxygen atoms in total. The van der Waals surface area contributed by atoms with Crippen molar-refractivity contribution < 1.29 is 4.74 Å². The van der Waals surface area contributed by atoms with Gasteiger partial charge in [-0.25, -0.2) is 4.98 Å². The van der Waals surface area contributed by atoms with E-state index in [4.69, 9.17) is 15.5 Å². The maximum Gasteiger partial charge on any atom is 0.120 e. The first-order valence-corrected chi connectivity index (χ1v) is 11.2. The third-order valence-electron chi connectivity index (χ3n) is 6.83. The Morgan fingerprint density at radius 2 is 1.78 bits per heavy atom. The predicted molar refractivity (Wildman–Crippen MR) is 127 cm³/mol. The first-order valence-electron chi connectivity index (χ1n) is 11.2. The Balaban J connectivity index is 0.00000216. The van der Waals surface area contributed by atoms with Crippen LogP contribution in [0.2, 0.25) is 0 Å². The second kappa shape index (κ2) is 8.37. The molecule has 0 spiro atoms. The molecule has 1 aliphatic carbocycles. The van der Waals surface area contributed by atoms with Crippen LogP contribution in [-0.2, 0) is 6.61 Å². The van der Waals surface area contributed by atoms with Gasteiger partial charge in [0.1, 0.15) is 29.4 Å². The van der Waals surface area contributed by atoms with Crippen LogP contribution in [0.25, 0.3) is 28.2 Å². The number of nitrogens with zero attached hydrogens (tertiary/aromatic N) is 3. The monoisotopic (exact) mass is 427 g/mol. The van der Waals surface area contributed by atoms with Crippen molar-refractivity contribution in [3.63, 3.8) is 0 Å². The highest BCUT2D eigenvalue weighted by atomic mass is 16.5. The standard InChI is InChI=1S/C26H26N4O.H3N/c27-14-17-9-11-19(12-10-17)26-29-23(25-24-22(15-28-24)30(25)26)20-7-4-8-21(13-20)31-16-18-5-2-1-3-6-18;/h1-8,13,15,17,19H,9-12,14,16,27H2;1H3. The molecule has 0 saturated heterocycles. The molecular weight excluding hydrogens is 398 g/mol. The van der Waals surface area contributed by atoms with E-state index < -0.39 is 0 Å². The summed E-state index contributed by atoms with van der Waals surface area (Å²) >= 11 is 0. The Labute approximate surface area is 188 Å². The number of imidazole rings is 1. The van der Waals surface area contributed by atoms with Crippen LogP contribution < -0.4 is 16.6 Å². The zero-order chi connectivity index (χ0) is 20.8. The van der Waals surface area contributed by atoms with E-state index in [2.05, 4.69) is 33.7 Å².